The van der Waals surface area contributed by atoms with Crippen LogP contribution in [0.5, 0.6) is 0 Å². The zero-order valence-electron chi connectivity index (χ0n) is 20.0. The fraction of sp³-hybridized carbons (Fsp3) is 0.357. The van der Waals surface area contributed by atoms with Crippen LogP contribution in [0.3, 0.4) is 0 Å². The number of carbonyl (C=O) groups excluding carboxylic acids is 1. The highest BCUT2D eigenvalue weighted by Crippen LogP contribution is 2.49. The van der Waals surface area contributed by atoms with Crippen molar-refractivity contribution in [1.82, 2.24) is 4.98 Å². The molecule has 3 aromatic rings. The van der Waals surface area contributed by atoms with Crippen molar-refractivity contribution in [3.8, 4) is 0 Å². The second-order valence-electron chi connectivity index (χ2n) is 10.5. The maximum Gasteiger partial charge on any atom is 0.341 e. The van der Waals surface area contributed by atoms with Crippen LogP contribution >= 0.6 is 0 Å². The van der Waals surface area contributed by atoms with Gasteiger partial charge in [-0.15, -0.1) is 0 Å². The highest BCUT2D eigenvalue weighted by atomic mass is 28.4. The fourth-order valence-corrected chi connectivity index (χ4v) is 10.5. The highest BCUT2D eigenvalue weighted by Gasteiger charge is 2.60. The minimum atomic E-state index is -2.88. The summed E-state index contributed by atoms with van der Waals surface area (Å²) < 4.78 is 13.7. The third kappa shape index (κ3) is 3.52. The second-order valence-corrected chi connectivity index (χ2v) is 14.7. The quantitative estimate of drug-likeness (QED) is 0.460. The van der Waals surface area contributed by atoms with Crippen LogP contribution in [0.2, 0.25) is 5.04 Å². The van der Waals surface area contributed by atoms with Crippen molar-refractivity contribution in [2.75, 3.05) is 0 Å². The van der Waals surface area contributed by atoms with E-state index in [9.17, 15) is 4.79 Å². The van der Waals surface area contributed by atoms with E-state index >= 15 is 0 Å². The number of carbonyl (C=O) groups is 1. The minimum Gasteiger partial charge on any atom is -0.446 e. The molecule has 5 rings (SSSR count). The number of fused-ring (bicyclic) bond motifs is 2. The molecule has 2 heterocycles. The van der Waals surface area contributed by atoms with Crippen molar-refractivity contribution in [3.63, 3.8) is 0 Å². The summed E-state index contributed by atoms with van der Waals surface area (Å²) in [5.74, 6) is -0.324. The fourth-order valence-electron chi connectivity index (χ4n) is 5.76. The van der Waals surface area contributed by atoms with E-state index in [1.807, 2.05) is 12.1 Å². The molecule has 34 heavy (non-hydrogen) atoms. The van der Waals surface area contributed by atoms with Crippen molar-refractivity contribution in [2.45, 2.75) is 62.8 Å². The van der Waals surface area contributed by atoms with Crippen molar-refractivity contribution >= 4 is 24.7 Å². The van der Waals surface area contributed by atoms with Gasteiger partial charge in [-0.05, 0) is 46.8 Å². The summed E-state index contributed by atoms with van der Waals surface area (Å²) in [6.07, 6.45) is 3.30. The lowest BCUT2D eigenvalue weighted by Gasteiger charge is -2.50. The van der Waals surface area contributed by atoms with Gasteiger partial charge in [0.1, 0.15) is 5.69 Å². The molecule has 2 N–H and O–H groups in total. The lowest BCUT2D eigenvalue weighted by Crippen LogP contribution is -2.70. The largest absolute Gasteiger partial charge is 0.446 e. The molecule has 0 bridgehead atoms. The van der Waals surface area contributed by atoms with Crippen LogP contribution in [0, 0.1) is 0 Å². The van der Waals surface area contributed by atoms with E-state index in [1.54, 1.807) is 18.3 Å². The average molecular weight is 473 g/mol. The Kier molecular flexibility index (Phi) is 5.71. The van der Waals surface area contributed by atoms with E-state index in [-0.39, 0.29) is 17.0 Å². The molecule has 1 aliphatic carbocycles. The minimum absolute atomic E-state index is 0.0275. The van der Waals surface area contributed by atoms with Gasteiger partial charge >= 0.3 is 5.97 Å². The Hall–Kier alpha value is -2.80. The number of esters is 1. The summed E-state index contributed by atoms with van der Waals surface area (Å²) in [6.45, 7) is 6.75. The Bertz CT molecular complexity index is 1140. The summed E-state index contributed by atoms with van der Waals surface area (Å²) in [6, 6.07) is 24.6. The van der Waals surface area contributed by atoms with E-state index in [1.165, 1.54) is 10.4 Å². The predicted molar refractivity (Wildman–Crippen MR) is 136 cm³/mol. The van der Waals surface area contributed by atoms with E-state index in [4.69, 9.17) is 14.9 Å². The topological polar surface area (TPSA) is 74.4 Å². The lowest BCUT2D eigenvalue weighted by molar-refractivity contribution is -0.104. The van der Waals surface area contributed by atoms with Gasteiger partial charge in [0, 0.05) is 12.2 Å². The molecule has 1 fully saturated rings. The first-order valence-electron chi connectivity index (χ1n) is 12.0. The van der Waals surface area contributed by atoms with Crippen LogP contribution < -0.4 is 16.1 Å². The van der Waals surface area contributed by atoms with E-state index in [0.717, 1.165) is 6.42 Å². The monoisotopic (exact) mass is 472 g/mol. The van der Waals surface area contributed by atoms with Gasteiger partial charge in [-0.2, -0.15) is 0 Å². The van der Waals surface area contributed by atoms with Crippen molar-refractivity contribution in [2.24, 2.45) is 5.73 Å². The number of nitrogens with zero attached hydrogens (tertiary/aromatic N) is 1. The molecule has 2 aliphatic rings. The molecule has 0 radical (unpaired) electrons. The van der Waals surface area contributed by atoms with Crippen LogP contribution in [0.1, 0.15) is 56.1 Å². The maximum atomic E-state index is 12.9. The van der Waals surface area contributed by atoms with Gasteiger partial charge in [-0.3, -0.25) is 4.98 Å². The number of hydrogen-bond donors (Lipinski definition) is 1. The number of hydrogen-bond acceptors (Lipinski definition) is 5. The number of aromatic nitrogens is 1. The highest BCUT2D eigenvalue weighted by molar-refractivity contribution is 6.99. The molecule has 1 aliphatic heterocycles. The predicted octanol–water partition coefficient (Wildman–Crippen LogP) is 3.90. The molecule has 0 unspecified atom stereocenters. The Morgan fingerprint density at radius 2 is 1.62 bits per heavy atom. The van der Waals surface area contributed by atoms with Gasteiger partial charge in [-0.25, -0.2) is 4.79 Å². The van der Waals surface area contributed by atoms with Crippen LogP contribution in [-0.4, -0.2) is 31.4 Å². The molecule has 1 aromatic heterocycles. The summed E-state index contributed by atoms with van der Waals surface area (Å²) in [5.41, 5.74) is 6.82. The summed E-state index contributed by atoms with van der Waals surface area (Å²) in [5, 5.41) is 2.18. The summed E-state index contributed by atoms with van der Waals surface area (Å²) in [7, 11) is -2.88. The molecular formula is C28H32N2O3Si. The van der Waals surface area contributed by atoms with Gasteiger partial charge in [0.25, 0.3) is 8.32 Å². The molecular weight excluding hydrogens is 440 g/mol. The molecule has 1 spiro atoms. The molecule has 176 valence electrons. The van der Waals surface area contributed by atoms with Gasteiger partial charge in [-0.1, -0.05) is 81.4 Å². The Balaban J connectivity index is 1.71. The molecule has 0 amide bonds. The van der Waals surface area contributed by atoms with Crippen molar-refractivity contribution in [1.29, 1.82) is 0 Å². The van der Waals surface area contributed by atoms with Crippen LogP contribution in [-0.2, 0) is 14.8 Å². The molecule has 2 aromatic carbocycles. The normalized spacial score (nSPS) is 24.6. The number of rotatable bonds is 4. The molecule has 0 saturated heterocycles. The zero-order valence-corrected chi connectivity index (χ0v) is 21.0. The van der Waals surface area contributed by atoms with E-state index < -0.39 is 20.0 Å². The molecule has 1 saturated carbocycles. The second kappa shape index (κ2) is 8.45. The first-order chi connectivity index (χ1) is 16.3. The first-order valence-corrected chi connectivity index (χ1v) is 13.9. The molecule has 6 heteroatoms. The van der Waals surface area contributed by atoms with E-state index in [2.05, 4.69) is 74.3 Å². The third-order valence-corrected chi connectivity index (χ3v) is 12.4. The Morgan fingerprint density at radius 1 is 1.00 bits per heavy atom. The SMILES string of the molecule is CC(C)(C)[Si](O[C@@H]1C[C@@H](N)CC[C@]12OC(=O)c1cccnc12)(c1ccccc1)c1ccccc1. The van der Waals surface area contributed by atoms with Gasteiger partial charge in [0.2, 0.25) is 0 Å². The number of ether oxygens (including phenoxy) is 1. The maximum absolute atomic E-state index is 12.9. The standard InChI is InChI=1S/C28H32N2O3Si/c1-27(2,3)34(21-11-6-4-7-12-21,22-13-8-5-9-14-22)33-24-19-20(29)16-17-28(24)25-23(26(31)32-28)15-10-18-30-25/h4-15,18,20,24H,16-17,19,29H2,1-3H3/t20-,24+,28-/m0/s1. The Labute approximate surface area is 202 Å². The Morgan fingerprint density at radius 3 is 2.21 bits per heavy atom. The number of pyridine rings is 1. The van der Waals surface area contributed by atoms with Gasteiger partial charge < -0.3 is 14.9 Å². The van der Waals surface area contributed by atoms with Crippen molar-refractivity contribution in [3.05, 3.63) is 90.3 Å². The lowest BCUT2D eigenvalue weighted by atomic mass is 9.77. The summed E-state index contributed by atoms with van der Waals surface area (Å²) in [4.78, 5) is 17.6. The van der Waals surface area contributed by atoms with Crippen molar-refractivity contribution < 1.29 is 14.0 Å². The molecule has 5 nitrogen and oxygen atoms in total. The van der Waals surface area contributed by atoms with Crippen LogP contribution in [0.4, 0.5) is 0 Å². The van der Waals surface area contributed by atoms with Gasteiger partial charge in [0.05, 0.1) is 11.7 Å². The van der Waals surface area contributed by atoms with Crippen LogP contribution in [0.25, 0.3) is 0 Å². The molecule has 3 atom stereocenters. The van der Waals surface area contributed by atoms with E-state index in [0.29, 0.717) is 24.1 Å². The number of nitrogens with two attached hydrogens (primary N) is 1. The van der Waals surface area contributed by atoms with Gasteiger partial charge in [0.15, 0.2) is 5.60 Å². The summed E-state index contributed by atoms with van der Waals surface area (Å²) >= 11 is 0. The zero-order chi connectivity index (χ0) is 24.0. The number of benzene rings is 2. The first kappa shape index (κ1) is 23.0. The average Bonchev–Trinajstić information content (AvgIpc) is 3.12. The third-order valence-electron chi connectivity index (χ3n) is 7.36. The smallest absolute Gasteiger partial charge is 0.341 e. The van der Waals surface area contributed by atoms with Crippen LogP contribution in [0.15, 0.2) is 79.0 Å².